The second-order valence-electron chi connectivity index (χ2n) is 7.54. The standard InChI is InChI=1S/C25H26N4O3/c1-5-19-7-6-8-22(12-19)32-23-14-27-18(4)28-24(23)25(30)29-21(15-31-26)13-20-10-9-16(2)11-17(20)3/h1,6-12,14,21H,13,15,26H2,2-4H3,(H,29,30)/t21-/m1/s1. The fraction of sp³-hybridized carbons (Fsp3) is 0.240. The molecule has 7 heteroatoms. The number of hydrogen-bond donors (Lipinski definition) is 2. The lowest BCUT2D eigenvalue weighted by atomic mass is 9.99. The molecule has 1 amide bonds. The molecular weight excluding hydrogens is 404 g/mol. The number of terminal acetylenes is 1. The molecule has 0 radical (unpaired) electrons. The third-order valence-electron chi connectivity index (χ3n) is 4.92. The van der Waals surface area contributed by atoms with Gasteiger partial charge in [-0.15, -0.1) is 6.42 Å². The van der Waals surface area contributed by atoms with Gasteiger partial charge < -0.3 is 14.9 Å². The summed E-state index contributed by atoms with van der Waals surface area (Å²) in [4.78, 5) is 26.5. The molecule has 0 spiro atoms. The highest BCUT2D eigenvalue weighted by atomic mass is 16.6. The van der Waals surface area contributed by atoms with Gasteiger partial charge in [0.1, 0.15) is 11.6 Å². The summed E-state index contributed by atoms with van der Waals surface area (Å²) in [6.45, 7) is 5.92. The molecule has 0 aliphatic rings. The first-order valence-electron chi connectivity index (χ1n) is 10.2. The third kappa shape index (κ3) is 5.91. The Balaban J connectivity index is 1.83. The van der Waals surface area contributed by atoms with Crippen LogP contribution < -0.4 is 16.0 Å². The van der Waals surface area contributed by atoms with E-state index in [0.29, 0.717) is 23.6 Å². The van der Waals surface area contributed by atoms with Crippen molar-refractivity contribution >= 4 is 5.91 Å². The maximum atomic E-state index is 13.1. The number of amides is 1. The molecule has 3 N–H and O–H groups in total. The van der Waals surface area contributed by atoms with E-state index >= 15 is 0 Å². The van der Waals surface area contributed by atoms with E-state index in [1.165, 1.54) is 11.8 Å². The second-order valence-corrected chi connectivity index (χ2v) is 7.54. The van der Waals surface area contributed by atoms with Crippen molar-refractivity contribution < 1.29 is 14.4 Å². The van der Waals surface area contributed by atoms with Gasteiger partial charge in [-0.2, -0.15) is 0 Å². The van der Waals surface area contributed by atoms with Crippen molar-refractivity contribution in [3.8, 4) is 23.8 Å². The zero-order valence-electron chi connectivity index (χ0n) is 18.4. The lowest BCUT2D eigenvalue weighted by Crippen LogP contribution is -2.41. The first-order valence-corrected chi connectivity index (χ1v) is 10.2. The van der Waals surface area contributed by atoms with Gasteiger partial charge in [-0.1, -0.05) is 35.7 Å². The minimum atomic E-state index is -0.412. The van der Waals surface area contributed by atoms with Crippen molar-refractivity contribution in [1.82, 2.24) is 15.3 Å². The Morgan fingerprint density at radius 1 is 1.22 bits per heavy atom. The summed E-state index contributed by atoms with van der Waals surface area (Å²) in [7, 11) is 0. The smallest absolute Gasteiger partial charge is 0.274 e. The maximum absolute atomic E-state index is 13.1. The summed E-state index contributed by atoms with van der Waals surface area (Å²) in [6, 6.07) is 12.8. The predicted molar refractivity (Wildman–Crippen MR) is 122 cm³/mol. The molecule has 0 bridgehead atoms. The van der Waals surface area contributed by atoms with Gasteiger partial charge in [-0.05, 0) is 56.5 Å². The molecule has 0 aliphatic carbocycles. The van der Waals surface area contributed by atoms with Crippen LogP contribution in [0, 0.1) is 33.1 Å². The van der Waals surface area contributed by atoms with Gasteiger partial charge in [0.2, 0.25) is 0 Å². The van der Waals surface area contributed by atoms with Gasteiger partial charge >= 0.3 is 0 Å². The van der Waals surface area contributed by atoms with E-state index in [1.54, 1.807) is 31.2 Å². The van der Waals surface area contributed by atoms with Gasteiger partial charge in [-0.25, -0.2) is 15.9 Å². The number of benzene rings is 2. The highest BCUT2D eigenvalue weighted by Crippen LogP contribution is 2.24. The number of carbonyl (C=O) groups excluding carboxylic acids is 1. The van der Waals surface area contributed by atoms with Crippen LogP contribution in [0.1, 0.15) is 38.6 Å². The summed E-state index contributed by atoms with van der Waals surface area (Å²) in [6.07, 6.45) is 7.48. The van der Waals surface area contributed by atoms with Crippen LogP contribution in [0.4, 0.5) is 0 Å². The minimum absolute atomic E-state index is 0.117. The molecule has 32 heavy (non-hydrogen) atoms. The number of rotatable bonds is 8. The van der Waals surface area contributed by atoms with Crippen LogP contribution in [0.3, 0.4) is 0 Å². The number of nitrogens with two attached hydrogens (primary N) is 1. The summed E-state index contributed by atoms with van der Waals surface area (Å²) >= 11 is 0. The normalized spacial score (nSPS) is 11.5. The van der Waals surface area contributed by atoms with Crippen molar-refractivity contribution in [3.05, 3.63) is 82.4 Å². The number of aryl methyl sites for hydroxylation is 3. The van der Waals surface area contributed by atoms with Gasteiger partial charge in [0, 0.05) is 5.56 Å². The molecule has 1 aromatic heterocycles. The largest absolute Gasteiger partial charge is 0.453 e. The van der Waals surface area contributed by atoms with E-state index in [1.807, 2.05) is 26.0 Å². The van der Waals surface area contributed by atoms with Crippen LogP contribution in [0.15, 0.2) is 48.7 Å². The van der Waals surface area contributed by atoms with Crippen LogP contribution in [0.5, 0.6) is 11.5 Å². The first kappa shape index (κ1) is 22.9. The Morgan fingerprint density at radius 2 is 2.03 bits per heavy atom. The van der Waals surface area contributed by atoms with Crippen LogP contribution in [0.25, 0.3) is 0 Å². The van der Waals surface area contributed by atoms with E-state index in [-0.39, 0.29) is 24.1 Å². The number of ether oxygens (including phenoxy) is 1. The highest BCUT2D eigenvalue weighted by molar-refractivity contribution is 5.95. The molecule has 0 fully saturated rings. The van der Waals surface area contributed by atoms with Crippen LogP contribution in [-0.2, 0) is 11.3 Å². The lowest BCUT2D eigenvalue weighted by Gasteiger charge is -2.19. The van der Waals surface area contributed by atoms with Crippen LogP contribution >= 0.6 is 0 Å². The molecule has 3 rings (SSSR count). The van der Waals surface area contributed by atoms with Crippen molar-refractivity contribution in [2.45, 2.75) is 33.2 Å². The topological polar surface area (TPSA) is 99.4 Å². The Morgan fingerprint density at radius 3 is 2.75 bits per heavy atom. The zero-order chi connectivity index (χ0) is 23.1. The first-order chi connectivity index (χ1) is 15.4. The van der Waals surface area contributed by atoms with E-state index < -0.39 is 5.91 Å². The van der Waals surface area contributed by atoms with Crippen molar-refractivity contribution in [3.63, 3.8) is 0 Å². The molecule has 7 nitrogen and oxygen atoms in total. The summed E-state index contributed by atoms with van der Waals surface area (Å²) in [5, 5.41) is 2.95. The molecule has 3 aromatic rings. The number of nitrogens with one attached hydrogen (secondary N) is 1. The van der Waals surface area contributed by atoms with Crippen molar-refractivity contribution in [2.24, 2.45) is 5.90 Å². The van der Waals surface area contributed by atoms with E-state index in [9.17, 15) is 4.79 Å². The Hall–Kier alpha value is -3.73. The number of nitrogens with zero attached hydrogens (tertiary/aromatic N) is 2. The Kier molecular flexibility index (Phi) is 7.55. The van der Waals surface area contributed by atoms with Crippen molar-refractivity contribution in [2.75, 3.05) is 6.61 Å². The molecule has 2 aromatic carbocycles. The number of aromatic nitrogens is 2. The average Bonchev–Trinajstić information content (AvgIpc) is 2.77. The van der Waals surface area contributed by atoms with Gasteiger partial charge in [0.05, 0.1) is 18.8 Å². The molecule has 1 atom stereocenters. The average molecular weight is 431 g/mol. The van der Waals surface area contributed by atoms with E-state index in [2.05, 4.69) is 27.3 Å². The maximum Gasteiger partial charge on any atom is 0.274 e. The Bertz CT molecular complexity index is 1150. The quantitative estimate of drug-likeness (QED) is 0.420. The van der Waals surface area contributed by atoms with Gasteiger partial charge in [-0.3, -0.25) is 4.79 Å². The van der Waals surface area contributed by atoms with E-state index in [0.717, 1.165) is 11.1 Å². The predicted octanol–water partition coefficient (Wildman–Crippen LogP) is 3.41. The summed E-state index contributed by atoms with van der Waals surface area (Å²) in [5.74, 6) is 8.62. The molecule has 1 heterocycles. The zero-order valence-corrected chi connectivity index (χ0v) is 18.4. The minimum Gasteiger partial charge on any atom is -0.453 e. The molecule has 0 aliphatic heterocycles. The number of carbonyl (C=O) groups is 1. The van der Waals surface area contributed by atoms with E-state index in [4.69, 9.17) is 21.9 Å². The fourth-order valence-corrected chi connectivity index (χ4v) is 3.33. The molecular formula is C25H26N4O3. The summed E-state index contributed by atoms with van der Waals surface area (Å²) in [5.41, 5.74) is 4.19. The molecule has 0 saturated carbocycles. The lowest BCUT2D eigenvalue weighted by molar-refractivity contribution is 0.0833. The van der Waals surface area contributed by atoms with Crippen LogP contribution in [-0.4, -0.2) is 28.5 Å². The molecule has 0 saturated heterocycles. The van der Waals surface area contributed by atoms with Gasteiger partial charge in [0.25, 0.3) is 5.91 Å². The monoisotopic (exact) mass is 430 g/mol. The number of hydrogen-bond acceptors (Lipinski definition) is 6. The third-order valence-corrected chi connectivity index (χ3v) is 4.92. The molecule has 0 unspecified atom stereocenters. The Labute approximate surface area is 188 Å². The molecule has 164 valence electrons. The highest BCUT2D eigenvalue weighted by Gasteiger charge is 2.21. The fourth-order valence-electron chi connectivity index (χ4n) is 3.33. The SMILES string of the molecule is C#Cc1cccc(Oc2cnc(C)nc2C(=O)N[C@@H](CON)Cc2ccc(C)cc2C)c1. The van der Waals surface area contributed by atoms with Crippen LogP contribution in [0.2, 0.25) is 0 Å². The van der Waals surface area contributed by atoms with Gasteiger partial charge in [0.15, 0.2) is 11.4 Å². The second kappa shape index (κ2) is 10.5. The summed E-state index contributed by atoms with van der Waals surface area (Å²) < 4.78 is 5.88. The van der Waals surface area contributed by atoms with Crippen molar-refractivity contribution in [1.29, 1.82) is 0 Å².